The van der Waals surface area contributed by atoms with Crippen molar-refractivity contribution in [2.45, 2.75) is 106 Å². The highest BCUT2D eigenvalue weighted by Gasteiger charge is 2.54. The van der Waals surface area contributed by atoms with Crippen molar-refractivity contribution in [2.24, 2.45) is 5.92 Å². The second kappa shape index (κ2) is 30.7. The van der Waals surface area contributed by atoms with E-state index in [1.807, 2.05) is 182 Å². The van der Waals surface area contributed by atoms with Crippen LogP contribution in [0.4, 0.5) is 26.3 Å². The monoisotopic (exact) mass is 1190 g/mol. The molecule has 0 aromatic heterocycles. The van der Waals surface area contributed by atoms with Crippen LogP contribution >= 0.6 is 0 Å². The van der Waals surface area contributed by atoms with E-state index < -0.39 is 99.1 Å². The Morgan fingerprint density at radius 1 is 0.402 bits per heavy atom. The van der Waals surface area contributed by atoms with Gasteiger partial charge >= 0.3 is 31.3 Å². The Labute approximate surface area is 471 Å². The maximum absolute atomic E-state index is 13.9. The minimum absolute atomic E-state index is 0.0200. The third-order valence-electron chi connectivity index (χ3n) is 12.9. The van der Waals surface area contributed by atoms with Crippen LogP contribution in [0.2, 0.25) is 0 Å². The summed E-state index contributed by atoms with van der Waals surface area (Å²) in [4.78, 5) is 0. The molecule has 2 fully saturated rings. The fourth-order valence-corrected chi connectivity index (χ4v) is 9.22. The van der Waals surface area contributed by atoms with Crippen molar-refractivity contribution in [3.63, 3.8) is 0 Å². The Hall–Kier alpha value is -5.68. The highest BCUT2D eigenvalue weighted by molar-refractivity contribution is 7.87. The number of benzene rings is 6. The summed E-state index contributed by atoms with van der Waals surface area (Å²) in [5.41, 5.74) is -6.25. The zero-order valence-electron chi connectivity index (χ0n) is 44.1. The number of hydrogen-bond acceptors (Lipinski definition) is 15. The molecule has 16 nitrogen and oxygen atoms in total. The van der Waals surface area contributed by atoms with Gasteiger partial charge in [0.2, 0.25) is 0 Å². The predicted molar refractivity (Wildman–Crippen MR) is 283 cm³/mol. The van der Waals surface area contributed by atoms with Crippen LogP contribution in [0.25, 0.3) is 0 Å². The first kappa shape index (κ1) is 63.9. The summed E-state index contributed by atoms with van der Waals surface area (Å²) in [7, 11) is -10.4. The van der Waals surface area contributed by atoms with E-state index in [1.54, 1.807) is 0 Å². The van der Waals surface area contributed by atoms with Crippen LogP contribution in [0, 0.1) is 5.92 Å². The van der Waals surface area contributed by atoms with Crippen LogP contribution in [0.5, 0.6) is 0 Å². The van der Waals surface area contributed by atoms with Gasteiger partial charge in [-0.1, -0.05) is 182 Å². The maximum atomic E-state index is 13.9. The molecule has 0 amide bonds. The molecule has 10 atom stereocenters. The molecule has 82 heavy (non-hydrogen) atoms. The van der Waals surface area contributed by atoms with Crippen molar-refractivity contribution >= 4 is 20.2 Å². The normalized spacial score (nSPS) is 23.4. The molecule has 8 rings (SSSR count). The number of ether oxygens (including phenoxy) is 10. The Morgan fingerprint density at radius 3 is 1.10 bits per heavy atom. The van der Waals surface area contributed by atoms with Crippen molar-refractivity contribution in [3.8, 4) is 0 Å². The molecule has 0 spiro atoms. The Balaban J connectivity index is 0.00000112. The molecule has 0 unspecified atom stereocenters. The lowest BCUT2D eigenvalue weighted by atomic mass is 9.89. The summed E-state index contributed by atoms with van der Waals surface area (Å²) in [5.74, 6) is -1.23. The fourth-order valence-electron chi connectivity index (χ4n) is 8.75. The average molecular weight is 1190 g/mol. The van der Waals surface area contributed by atoms with E-state index in [2.05, 4.69) is 0 Å². The molecule has 2 heterocycles. The summed E-state index contributed by atoms with van der Waals surface area (Å²) in [6, 6.07) is 56.5. The van der Waals surface area contributed by atoms with E-state index in [9.17, 15) is 34.8 Å². The molecule has 0 aliphatic carbocycles. The zero-order valence-corrected chi connectivity index (χ0v) is 45.7. The lowest BCUT2D eigenvalue weighted by Crippen LogP contribution is -2.63. The summed E-state index contributed by atoms with van der Waals surface area (Å²) in [5, 5.41) is 0. The number of methoxy groups -OCH3 is 1. The molecular formula is C58H62F6O16S2. The average Bonchev–Trinajstić information content (AvgIpc) is 3.43. The topological polar surface area (TPSA) is 190 Å². The van der Waals surface area contributed by atoms with Gasteiger partial charge in [-0.15, -0.1) is 0 Å². The van der Waals surface area contributed by atoms with Gasteiger partial charge in [-0.25, -0.2) is 0 Å². The number of rotatable bonds is 26. The highest BCUT2D eigenvalue weighted by Crippen LogP contribution is 2.37. The minimum atomic E-state index is -6.07. The van der Waals surface area contributed by atoms with E-state index in [0.717, 1.165) is 33.4 Å². The van der Waals surface area contributed by atoms with Crippen LogP contribution in [0.15, 0.2) is 182 Å². The van der Waals surface area contributed by atoms with Crippen molar-refractivity contribution < 1.29 is 99.3 Å². The molecule has 0 saturated carbocycles. The van der Waals surface area contributed by atoms with Crippen molar-refractivity contribution in [3.05, 3.63) is 215 Å². The first-order valence-corrected chi connectivity index (χ1v) is 28.5. The number of alkyl halides is 6. The van der Waals surface area contributed by atoms with E-state index >= 15 is 0 Å². The minimum Gasteiger partial charge on any atom is -0.374 e. The Kier molecular flexibility index (Phi) is 24.0. The molecule has 6 aromatic carbocycles. The largest absolute Gasteiger partial charge is 0.523 e. The first-order valence-electron chi connectivity index (χ1n) is 25.6. The maximum Gasteiger partial charge on any atom is 0.523 e. The zero-order chi connectivity index (χ0) is 58.6. The molecule has 2 saturated heterocycles. The molecule has 1 N–H and O–H groups in total. The lowest BCUT2D eigenvalue weighted by Gasteiger charge is -2.48. The van der Waals surface area contributed by atoms with Crippen LogP contribution in [0.3, 0.4) is 0 Å². The second-order valence-corrected chi connectivity index (χ2v) is 21.8. The smallest absolute Gasteiger partial charge is 0.374 e. The van der Waals surface area contributed by atoms with Gasteiger partial charge in [-0.05, 0) is 33.4 Å². The van der Waals surface area contributed by atoms with E-state index in [0.29, 0.717) is 0 Å². The van der Waals surface area contributed by atoms with Crippen molar-refractivity contribution in [1.29, 1.82) is 0 Å². The second-order valence-electron chi connectivity index (χ2n) is 18.7. The van der Waals surface area contributed by atoms with Gasteiger partial charge in [-0.3, -0.25) is 8.74 Å². The standard InChI is InChI=1S/C57H61F3O13S.CHF3O3S/c1-63-55-54(69-37-46-30-18-7-19-31-46)52(67-35-44-26-14-5-15-27-44)51(66-34-43-24-12-4-13-25-43)49(73-55)40-70-56-53(68-36-45-28-16-6-17-29-45)50(65-33-42-22-10-3-11-23-42)47(38-71-74(61,62)57(58,59)60)48(72-56)39-64-32-41-20-8-2-9-21-41;2-1(3,4)8(5,6)7/h2-31,47-56H,32-40H2,1H3;(H,5,6,7)/t47-,48-,49-,50+,51-,52+,53-,54-,55+,56+;/m1./s1. The fraction of sp³-hybridized carbons (Fsp3) is 0.379. The van der Waals surface area contributed by atoms with E-state index in [4.69, 9.17) is 64.5 Å². The Morgan fingerprint density at radius 2 is 0.732 bits per heavy atom. The van der Waals surface area contributed by atoms with E-state index in [-0.39, 0.29) is 52.9 Å². The highest BCUT2D eigenvalue weighted by atomic mass is 32.2. The molecule has 24 heteroatoms. The van der Waals surface area contributed by atoms with Gasteiger partial charge in [0.1, 0.15) is 30.5 Å². The third kappa shape index (κ3) is 19.2. The summed E-state index contributed by atoms with van der Waals surface area (Å²) < 4.78 is 195. The van der Waals surface area contributed by atoms with Crippen molar-refractivity contribution in [2.75, 3.05) is 26.9 Å². The lowest BCUT2D eigenvalue weighted by molar-refractivity contribution is -0.345. The molecule has 0 bridgehead atoms. The quantitative estimate of drug-likeness (QED) is 0.0233. The summed E-state index contributed by atoms with van der Waals surface area (Å²) in [6.45, 7) is -0.910. The molecule has 2 aliphatic heterocycles. The van der Waals surface area contributed by atoms with Crippen LogP contribution in [-0.4, -0.2) is 115 Å². The van der Waals surface area contributed by atoms with E-state index in [1.165, 1.54) is 7.11 Å². The first-order chi connectivity index (χ1) is 39.3. The van der Waals surface area contributed by atoms with Crippen molar-refractivity contribution in [1.82, 2.24) is 0 Å². The SMILES string of the molecule is CO[C@H]1O[C@H](CO[C@H]2O[C@H](COCc3ccccc3)[C@@H](COS(=O)(=O)C(F)(F)F)[C@H](OCc3ccccc3)[C@H]2OCc2ccccc2)[C@@H](OCc2ccccc2)[C@H](OCc2ccccc2)[C@H]1OCc1ccccc1.O=S(=O)(O)C(F)(F)F. The van der Waals surface area contributed by atoms with Gasteiger partial charge in [0.15, 0.2) is 12.6 Å². The van der Waals surface area contributed by atoms with Gasteiger partial charge in [0.05, 0.1) is 71.7 Å². The summed E-state index contributed by atoms with van der Waals surface area (Å²) in [6.07, 6.45) is -9.38. The van der Waals surface area contributed by atoms with Gasteiger partial charge in [-0.2, -0.15) is 43.2 Å². The molecule has 0 radical (unpaired) electrons. The van der Waals surface area contributed by atoms with Crippen LogP contribution < -0.4 is 0 Å². The predicted octanol–water partition coefficient (Wildman–Crippen LogP) is 10.1. The Bertz CT molecular complexity index is 3000. The molecule has 444 valence electrons. The number of halogens is 6. The molecule has 6 aromatic rings. The molecule has 2 aliphatic rings. The van der Waals surface area contributed by atoms with Crippen LogP contribution in [0.1, 0.15) is 33.4 Å². The number of hydrogen-bond donors (Lipinski definition) is 1. The third-order valence-corrected chi connectivity index (χ3v) is 14.5. The van der Waals surface area contributed by atoms with Gasteiger partial charge in [0.25, 0.3) is 0 Å². The van der Waals surface area contributed by atoms with Crippen LogP contribution in [-0.2, 0) is 111 Å². The van der Waals surface area contributed by atoms with Gasteiger partial charge < -0.3 is 47.4 Å². The van der Waals surface area contributed by atoms with Gasteiger partial charge in [0, 0.05) is 13.0 Å². The molecular weight excluding hydrogens is 1130 g/mol. The summed E-state index contributed by atoms with van der Waals surface area (Å²) >= 11 is 0.